The number of aliphatic hydroxyl groups excluding tert-OH is 2. The Morgan fingerprint density at radius 3 is 2.40 bits per heavy atom. The number of hydrogen-bond donors (Lipinski definition) is 4. The number of aliphatic hydroxyl groups is 2. The van der Waals surface area contributed by atoms with Gasteiger partial charge in [-0.2, -0.15) is 5.06 Å². The van der Waals surface area contributed by atoms with Gasteiger partial charge in [0.1, 0.15) is 12.1 Å². The van der Waals surface area contributed by atoms with Gasteiger partial charge >= 0.3 is 6.03 Å². The lowest BCUT2D eigenvalue weighted by Crippen LogP contribution is -2.62. The van der Waals surface area contributed by atoms with E-state index in [0.29, 0.717) is 36.3 Å². The Kier molecular flexibility index (Phi) is 11.0. The lowest BCUT2D eigenvalue weighted by molar-refractivity contribution is -0.183. The molecule has 0 spiro atoms. The first-order chi connectivity index (χ1) is 22.3. The highest BCUT2D eigenvalue weighted by molar-refractivity contribution is 5.89. The van der Waals surface area contributed by atoms with Gasteiger partial charge in [-0.05, 0) is 105 Å². The van der Waals surface area contributed by atoms with Crippen LogP contribution in [-0.2, 0) is 16.2 Å². The van der Waals surface area contributed by atoms with E-state index in [2.05, 4.69) is 42.4 Å². The molecule has 3 aliphatic carbocycles. The smallest absolute Gasteiger partial charge is 0.321 e. The number of amides is 3. The molecule has 10 heteroatoms. The summed E-state index contributed by atoms with van der Waals surface area (Å²) in [5.41, 5.74) is 3.96. The van der Waals surface area contributed by atoms with Crippen LogP contribution in [0.2, 0.25) is 0 Å². The van der Waals surface area contributed by atoms with E-state index < -0.39 is 24.2 Å². The highest BCUT2D eigenvalue weighted by Crippen LogP contribution is 2.61. The molecule has 2 aromatic carbocycles. The van der Waals surface area contributed by atoms with E-state index in [0.717, 1.165) is 41.8 Å². The second-order valence-corrected chi connectivity index (χ2v) is 15.0. The summed E-state index contributed by atoms with van der Waals surface area (Å²) in [5.74, 6) is 0.851. The Labute approximate surface area is 280 Å². The first-order valence-corrected chi connectivity index (χ1v) is 17.2. The lowest BCUT2D eigenvalue weighted by Gasteiger charge is -2.62. The first kappa shape index (κ1) is 35.3. The fourth-order valence-electron chi connectivity index (χ4n) is 8.20. The van der Waals surface area contributed by atoms with Gasteiger partial charge in [-0.1, -0.05) is 51.1 Å². The summed E-state index contributed by atoms with van der Waals surface area (Å²) in [6, 6.07) is 15.0. The molecular weight excluding hydrogens is 594 g/mol. The summed E-state index contributed by atoms with van der Waals surface area (Å²) in [7, 11) is 5.84. The molecule has 0 radical (unpaired) electrons. The molecule has 47 heavy (non-hydrogen) atoms. The van der Waals surface area contributed by atoms with Gasteiger partial charge in [-0.25, -0.2) is 4.79 Å². The van der Waals surface area contributed by atoms with Crippen LogP contribution >= 0.6 is 0 Å². The molecule has 3 saturated carbocycles. The van der Waals surface area contributed by atoms with Crippen LogP contribution in [0.3, 0.4) is 0 Å². The third-order valence-electron chi connectivity index (χ3n) is 11.2. The maximum Gasteiger partial charge on any atom is 0.321 e. The van der Waals surface area contributed by atoms with E-state index in [1.165, 1.54) is 6.42 Å². The maximum atomic E-state index is 14.0. The molecule has 4 N–H and O–H groups in total. The third kappa shape index (κ3) is 7.67. The molecule has 2 bridgehead atoms. The van der Waals surface area contributed by atoms with Crippen molar-refractivity contribution in [1.82, 2.24) is 20.2 Å². The topological polar surface area (TPSA) is 118 Å². The van der Waals surface area contributed by atoms with E-state index in [1.54, 1.807) is 23.9 Å². The fraction of sp³-hybridized carbons (Fsp3) is 0.622. The second-order valence-electron chi connectivity index (χ2n) is 15.0. The van der Waals surface area contributed by atoms with Gasteiger partial charge in [0.05, 0.1) is 19.3 Å². The first-order valence-electron chi connectivity index (χ1n) is 17.2. The van der Waals surface area contributed by atoms with Crippen molar-refractivity contribution < 1.29 is 24.6 Å². The van der Waals surface area contributed by atoms with Gasteiger partial charge in [0.15, 0.2) is 0 Å². The van der Waals surface area contributed by atoms with Gasteiger partial charge in [-0.15, -0.1) is 0 Å². The molecule has 3 amide bonds. The third-order valence-corrected chi connectivity index (χ3v) is 11.2. The highest BCUT2D eigenvalue weighted by Gasteiger charge is 2.57. The normalized spacial score (nSPS) is 28.9. The van der Waals surface area contributed by atoms with Crippen molar-refractivity contribution >= 4 is 17.6 Å². The predicted molar refractivity (Wildman–Crippen MR) is 184 cm³/mol. The number of nitrogens with one attached hydrogen (secondary N) is 2. The Morgan fingerprint density at radius 1 is 1.06 bits per heavy atom. The standard InChI is InChI=1S/C37H55N5O5/c1-23-30-19-28(37(30,3)4)20-31(23)39-35(45)34-33(24(2)44)32(22-43)47-42(34)21-25-10-8-11-27(18-25)26-12-14-29(15-13-26)38-36(46)41(7)17-9-16-40(5)6/h8,10-15,18,23-24,28,30-34,43-44H,9,16-17,19-22H2,1-7H3,(H,38,46)(H,39,45)/t23?,24-,28+,30-,31-,32?,33+,34-/m0/s1. The molecular formula is C37H55N5O5. The molecule has 2 aromatic rings. The number of nitrogens with zero attached hydrogens (tertiary/aromatic N) is 3. The number of fused-ring (bicyclic) bond motifs is 2. The number of anilines is 1. The van der Waals surface area contributed by atoms with Crippen LogP contribution in [0.4, 0.5) is 10.5 Å². The number of hydrogen-bond acceptors (Lipinski definition) is 7. The molecule has 2 unspecified atom stereocenters. The van der Waals surface area contributed by atoms with Gasteiger partial charge in [-0.3, -0.25) is 9.63 Å². The number of benzene rings is 2. The number of carbonyl (C=O) groups is 2. The fourth-order valence-corrected chi connectivity index (χ4v) is 8.20. The van der Waals surface area contributed by atoms with Gasteiger partial charge in [0.2, 0.25) is 5.91 Å². The number of urea groups is 1. The van der Waals surface area contributed by atoms with Crippen molar-refractivity contribution in [3.63, 3.8) is 0 Å². The van der Waals surface area contributed by atoms with E-state index in [-0.39, 0.29) is 24.6 Å². The largest absolute Gasteiger partial charge is 0.394 e. The molecule has 4 aliphatic rings. The summed E-state index contributed by atoms with van der Waals surface area (Å²) in [5, 5.41) is 28.9. The monoisotopic (exact) mass is 649 g/mol. The van der Waals surface area contributed by atoms with Gasteiger partial charge in [0, 0.05) is 31.2 Å². The molecule has 258 valence electrons. The van der Waals surface area contributed by atoms with E-state index in [9.17, 15) is 19.8 Å². The number of carbonyl (C=O) groups excluding carboxylic acids is 2. The van der Waals surface area contributed by atoms with Crippen molar-refractivity contribution in [3.8, 4) is 11.1 Å². The Bertz CT molecular complexity index is 1380. The minimum atomic E-state index is -0.841. The molecule has 6 rings (SSSR count). The summed E-state index contributed by atoms with van der Waals surface area (Å²) < 4.78 is 0. The average molecular weight is 650 g/mol. The van der Waals surface area contributed by atoms with Crippen LogP contribution in [0.1, 0.15) is 52.5 Å². The molecule has 8 atom stereocenters. The van der Waals surface area contributed by atoms with Crippen molar-refractivity contribution in [2.75, 3.05) is 46.2 Å². The Hall–Kier alpha value is -3.02. The van der Waals surface area contributed by atoms with Crippen molar-refractivity contribution in [3.05, 3.63) is 54.1 Å². The maximum absolute atomic E-state index is 14.0. The van der Waals surface area contributed by atoms with Crippen LogP contribution in [-0.4, -0.2) is 102 Å². The average Bonchev–Trinajstić information content (AvgIpc) is 3.40. The minimum Gasteiger partial charge on any atom is -0.394 e. The summed E-state index contributed by atoms with van der Waals surface area (Å²) >= 11 is 0. The minimum absolute atomic E-state index is 0.0866. The number of hydroxylamine groups is 2. The van der Waals surface area contributed by atoms with E-state index in [1.807, 2.05) is 56.6 Å². The zero-order chi connectivity index (χ0) is 34.0. The van der Waals surface area contributed by atoms with Gasteiger partial charge < -0.3 is 30.6 Å². The zero-order valence-corrected chi connectivity index (χ0v) is 29.1. The van der Waals surface area contributed by atoms with Crippen LogP contribution in [0.25, 0.3) is 11.1 Å². The molecule has 4 fully saturated rings. The van der Waals surface area contributed by atoms with Crippen LogP contribution < -0.4 is 10.6 Å². The van der Waals surface area contributed by atoms with Crippen molar-refractivity contribution in [2.24, 2.45) is 29.1 Å². The highest BCUT2D eigenvalue weighted by atomic mass is 16.7. The van der Waals surface area contributed by atoms with Gasteiger partial charge in [0.25, 0.3) is 0 Å². The predicted octanol–water partition coefficient (Wildman–Crippen LogP) is 4.43. The summed E-state index contributed by atoms with van der Waals surface area (Å²) in [6.45, 7) is 10.2. The molecule has 1 aliphatic heterocycles. The Morgan fingerprint density at radius 2 is 1.79 bits per heavy atom. The van der Waals surface area contributed by atoms with E-state index in [4.69, 9.17) is 4.84 Å². The second kappa shape index (κ2) is 14.6. The number of rotatable bonds is 12. The van der Waals surface area contributed by atoms with E-state index >= 15 is 0 Å². The molecule has 0 aromatic heterocycles. The Balaban J connectivity index is 1.26. The molecule has 10 nitrogen and oxygen atoms in total. The zero-order valence-electron chi connectivity index (χ0n) is 29.1. The molecule has 1 saturated heterocycles. The van der Waals surface area contributed by atoms with Crippen LogP contribution in [0, 0.1) is 29.1 Å². The van der Waals surface area contributed by atoms with Crippen molar-refractivity contribution in [1.29, 1.82) is 0 Å². The van der Waals surface area contributed by atoms with Crippen LogP contribution in [0.15, 0.2) is 48.5 Å². The van der Waals surface area contributed by atoms with Crippen LogP contribution in [0.5, 0.6) is 0 Å². The van der Waals surface area contributed by atoms with Crippen molar-refractivity contribution in [2.45, 2.75) is 77.8 Å². The lowest BCUT2D eigenvalue weighted by atomic mass is 9.45. The SMILES string of the molecule is CC1[C@@H](NC(=O)[C@@H]2[C@H]([C@H](C)O)C(CO)ON2Cc2cccc(-c3ccc(NC(=O)N(C)CCCN(C)C)cc3)c2)C[C@H]2C[C@@H]1C2(C)C. The molecule has 1 heterocycles. The quantitative estimate of drug-likeness (QED) is 0.269. The summed E-state index contributed by atoms with van der Waals surface area (Å²) in [6.07, 6.45) is 1.57. The summed E-state index contributed by atoms with van der Waals surface area (Å²) in [4.78, 5) is 36.6.